The highest BCUT2D eigenvalue weighted by Gasteiger charge is 2.32. The van der Waals surface area contributed by atoms with Gasteiger partial charge in [-0.15, -0.1) is 0 Å². The van der Waals surface area contributed by atoms with E-state index in [2.05, 4.69) is 37.7 Å². The Hall–Kier alpha value is -0.840. The number of anilines is 1. The summed E-state index contributed by atoms with van der Waals surface area (Å²) in [6.07, 6.45) is 2.81. The summed E-state index contributed by atoms with van der Waals surface area (Å²) < 4.78 is 5.54. The highest BCUT2D eigenvalue weighted by molar-refractivity contribution is 9.09. The van der Waals surface area contributed by atoms with Crippen LogP contribution in [0.25, 0.3) is 0 Å². The predicted octanol–water partition coefficient (Wildman–Crippen LogP) is 2.79. The Morgan fingerprint density at radius 1 is 1.50 bits per heavy atom. The fraction of sp³-hybridized carbons (Fsp3) is 0.692. The van der Waals surface area contributed by atoms with E-state index in [1.54, 1.807) is 6.33 Å². The van der Waals surface area contributed by atoms with Crippen LogP contribution in [0.4, 0.5) is 5.82 Å². The molecular formula is C13H20BrN3O. The van der Waals surface area contributed by atoms with E-state index in [0.717, 1.165) is 23.3 Å². The van der Waals surface area contributed by atoms with Crippen LogP contribution in [0.5, 0.6) is 5.88 Å². The number of halogens is 1. The van der Waals surface area contributed by atoms with Gasteiger partial charge < -0.3 is 9.64 Å². The first-order chi connectivity index (χ1) is 8.69. The highest BCUT2D eigenvalue weighted by Crippen LogP contribution is 2.33. The number of hydrogen-bond donors (Lipinski definition) is 0. The van der Waals surface area contributed by atoms with Crippen LogP contribution in [0.3, 0.4) is 0 Å². The molecule has 1 aliphatic rings. The van der Waals surface area contributed by atoms with Gasteiger partial charge in [-0.3, -0.25) is 0 Å². The van der Waals surface area contributed by atoms with Crippen molar-refractivity contribution in [1.29, 1.82) is 0 Å². The molecule has 1 aromatic rings. The van der Waals surface area contributed by atoms with E-state index in [1.807, 2.05) is 13.8 Å². The number of ether oxygens (including phenoxy) is 1. The molecule has 2 rings (SSSR count). The van der Waals surface area contributed by atoms with Crippen LogP contribution in [-0.2, 0) is 0 Å². The maximum Gasteiger partial charge on any atom is 0.221 e. The van der Waals surface area contributed by atoms with E-state index in [4.69, 9.17) is 4.74 Å². The van der Waals surface area contributed by atoms with Crippen LogP contribution in [0.1, 0.15) is 25.8 Å². The van der Waals surface area contributed by atoms with Crippen molar-refractivity contribution in [1.82, 2.24) is 9.97 Å². The standard InChI is InChI=1S/C13H20BrN3O/c1-4-18-13-10(3)12(15-8-16-13)17-6-5-9(2)11(17)7-14/h8-9,11H,4-7H2,1-3H3. The van der Waals surface area contributed by atoms with Crippen molar-refractivity contribution >= 4 is 21.7 Å². The van der Waals surface area contributed by atoms with E-state index in [-0.39, 0.29) is 0 Å². The van der Waals surface area contributed by atoms with Gasteiger partial charge in [0.1, 0.15) is 12.1 Å². The minimum atomic E-state index is 0.507. The van der Waals surface area contributed by atoms with Gasteiger partial charge in [0.05, 0.1) is 12.2 Å². The van der Waals surface area contributed by atoms with Crippen molar-refractivity contribution in [3.63, 3.8) is 0 Å². The number of alkyl halides is 1. The molecule has 100 valence electrons. The molecule has 0 aliphatic carbocycles. The number of hydrogen-bond acceptors (Lipinski definition) is 4. The molecule has 2 unspecified atom stereocenters. The van der Waals surface area contributed by atoms with Crippen LogP contribution >= 0.6 is 15.9 Å². The van der Waals surface area contributed by atoms with Crippen molar-refractivity contribution in [3.05, 3.63) is 11.9 Å². The zero-order valence-electron chi connectivity index (χ0n) is 11.2. The molecule has 1 aliphatic heterocycles. The van der Waals surface area contributed by atoms with Crippen molar-refractivity contribution in [3.8, 4) is 5.88 Å². The van der Waals surface area contributed by atoms with Gasteiger partial charge in [-0.1, -0.05) is 22.9 Å². The Bertz CT molecular complexity index is 413. The summed E-state index contributed by atoms with van der Waals surface area (Å²) >= 11 is 3.61. The minimum Gasteiger partial charge on any atom is -0.478 e. The molecule has 4 nitrogen and oxygen atoms in total. The van der Waals surface area contributed by atoms with Crippen LogP contribution < -0.4 is 9.64 Å². The molecule has 0 amide bonds. The largest absolute Gasteiger partial charge is 0.478 e. The van der Waals surface area contributed by atoms with Crippen molar-refractivity contribution in [2.75, 3.05) is 23.4 Å². The highest BCUT2D eigenvalue weighted by atomic mass is 79.9. The van der Waals surface area contributed by atoms with E-state index in [0.29, 0.717) is 24.4 Å². The summed E-state index contributed by atoms with van der Waals surface area (Å²) in [6.45, 7) is 8.00. The first-order valence-corrected chi connectivity index (χ1v) is 7.58. The SMILES string of the molecule is CCOc1ncnc(N2CCC(C)C2CBr)c1C. The number of rotatable bonds is 4. The third kappa shape index (κ3) is 2.46. The molecule has 0 N–H and O–H groups in total. The Kier molecular flexibility index (Phi) is 4.43. The van der Waals surface area contributed by atoms with Gasteiger partial charge in [0.2, 0.25) is 5.88 Å². The van der Waals surface area contributed by atoms with Crippen LogP contribution in [0, 0.1) is 12.8 Å². The minimum absolute atomic E-state index is 0.507. The first-order valence-electron chi connectivity index (χ1n) is 6.46. The first kappa shape index (κ1) is 13.6. The maximum absolute atomic E-state index is 5.54. The second-order valence-electron chi connectivity index (χ2n) is 4.74. The van der Waals surface area contributed by atoms with E-state index in [1.165, 1.54) is 6.42 Å². The molecule has 0 bridgehead atoms. The maximum atomic E-state index is 5.54. The molecule has 2 heterocycles. The van der Waals surface area contributed by atoms with Gasteiger partial charge in [0.15, 0.2) is 0 Å². The van der Waals surface area contributed by atoms with Crippen molar-refractivity contribution in [2.45, 2.75) is 33.2 Å². The normalized spacial score (nSPS) is 23.4. The lowest BCUT2D eigenvalue weighted by Crippen LogP contribution is -2.34. The monoisotopic (exact) mass is 313 g/mol. The summed E-state index contributed by atoms with van der Waals surface area (Å²) in [5, 5.41) is 0.974. The van der Waals surface area contributed by atoms with E-state index >= 15 is 0 Å². The molecule has 1 fully saturated rings. The third-order valence-corrected chi connectivity index (χ3v) is 4.27. The molecule has 1 saturated heterocycles. The molecule has 0 saturated carbocycles. The average Bonchev–Trinajstić information content (AvgIpc) is 2.73. The van der Waals surface area contributed by atoms with Crippen molar-refractivity contribution < 1.29 is 4.74 Å². The van der Waals surface area contributed by atoms with Crippen LogP contribution in [0.15, 0.2) is 6.33 Å². The number of nitrogens with zero attached hydrogens (tertiary/aromatic N) is 3. The summed E-state index contributed by atoms with van der Waals surface area (Å²) in [5.74, 6) is 2.41. The van der Waals surface area contributed by atoms with E-state index < -0.39 is 0 Å². The van der Waals surface area contributed by atoms with Gasteiger partial charge in [0.25, 0.3) is 0 Å². The summed E-state index contributed by atoms with van der Waals surface area (Å²) in [6, 6.07) is 0.507. The summed E-state index contributed by atoms with van der Waals surface area (Å²) in [7, 11) is 0. The molecule has 1 aromatic heterocycles. The van der Waals surface area contributed by atoms with Crippen molar-refractivity contribution in [2.24, 2.45) is 5.92 Å². The van der Waals surface area contributed by atoms with Crippen LogP contribution in [0.2, 0.25) is 0 Å². The van der Waals surface area contributed by atoms with Gasteiger partial charge in [0, 0.05) is 17.9 Å². The smallest absolute Gasteiger partial charge is 0.221 e. The third-order valence-electron chi connectivity index (χ3n) is 3.60. The molecule has 5 heteroatoms. The molecule has 0 aromatic carbocycles. The van der Waals surface area contributed by atoms with E-state index in [9.17, 15) is 0 Å². The summed E-state index contributed by atoms with van der Waals surface area (Å²) in [4.78, 5) is 11.0. The molecule has 0 radical (unpaired) electrons. The Morgan fingerprint density at radius 3 is 2.94 bits per heavy atom. The predicted molar refractivity (Wildman–Crippen MR) is 76.6 cm³/mol. The second kappa shape index (κ2) is 5.87. The average molecular weight is 314 g/mol. The van der Waals surface area contributed by atoms with Gasteiger partial charge in [-0.05, 0) is 26.2 Å². The molecule has 2 atom stereocenters. The zero-order chi connectivity index (χ0) is 13.1. The zero-order valence-corrected chi connectivity index (χ0v) is 12.8. The Morgan fingerprint density at radius 2 is 2.28 bits per heavy atom. The lowest BCUT2D eigenvalue weighted by molar-refractivity contribution is 0.323. The van der Waals surface area contributed by atoms with Gasteiger partial charge in [-0.25, -0.2) is 9.97 Å². The molecule has 0 spiro atoms. The van der Waals surface area contributed by atoms with Gasteiger partial charge >= 0.3 is 0 Å². The number of aromatic nitrogens is 2. The fourth-order valence-corrected chi connectivity index (χ4v) is 3.49. The Labute approximate surface area is 117 Å². The molecule has 18 heavy (non-hydrogen) atoms. The Balaban J connectivity index is 2.30. The van der Waals surface area contributed by atoms with Gasteiger partial charge in [-0.2, -0.15) is 0 Å². The topological polar surface area (TPSA) is 38.3 Å². The quantitative estimate of drug-likeness (QED) is 0.801. The lowest BCUT2D eigenvalue weighted by atomic mass is 10.1. The second-order valence-corrected chi connectivity index (χ2v) is 5.39. The van der Waals surface area contributed by atoms with Crippen LogP contribution in [-0.4, -0.2) is 34.5 Å². The summed E-state index contributed by atoms with van der Waals surface area (Å²) in [5.41, 5.74) is 1.04. The lowest BCUT2D eigenvalue weighted by Gasteiger charge is -2.27. The fourth-order valence-electron chi connectivity index (χ4n) is 2.50. The molecular weight excluding hydrogens is 294 g/mol.